The average Bonchev–Trinajstić information content (AvgIpc) is 2.99. The lowest BCUT2D eigenvalue weighted by molar-refractivity contribution is 0.355. The summed E-state index contributed by atoms with van der Waals surface area (Å²) in [6.45, 7) is 2.00. The molecule has 1 aromatic carbocycles. The smallest absolute Gasteiger partial charge is 0.263 e. The third-order valence-electron chi connectivity index (χ3n) is 3.32. The summed E-state index contributed by atoms with van der Waals surface area (Å²) in [7, 11) is 3.20. The van der Waals surface area contributed by atoms with Crippen LogP contribution >= 0.6 is 0 Å². The highest BCUT2D eigenvalue weighted by atomic mass is 16.5. The van der Waals surface area contributed by atoms with Crippen LogP contribution in [0.4, 0.5) is 11.5 Å². The number of hydrogen-bond donors (Lipinski definition) is 1. The van der Waals surface area contributed by atoms with E-state index in [1.807, 2.05) is 25.1 Å². The van der Waals surface area contributed by atoms with Crippen LogP contribution in [0.5, 0.6) is 11.5 Å². The first-order valence-electron chi connectivity index (χ1n) is 6.85. The van der Waals surface area contributed by atoms with Crippen LogP contribution in [0, 0.1) is 0 Å². The third-order valence-corrected chi connectivity index (χ3v) is 3.32. The van der Waals surface area contributed by atoms with E-state index in [9.17, 15) is 0 Å². The summed E-state index contributed by atoms with van der Waals surface area (Å²) in [4.78, 5) is 8.38. The molecule has 3 rings (SSSR count). The molecule has 114 valence electrons. The van der Waals surface area contributed by atoms with E-state index in [0.717, 1.165) is 23.2 Å². The SMILES string of the molecule is CCc1noc2ncnc(Nc3ccc(OC)c(OC)c3)c12. The predicted octanol–water partition coefficient (Wildman–Crippen LogP) is 2.94. The molecule has 22 heavy (non-hydrogen) atoms. The van der Waals surface area contributed by atoms with Crippen molar-refractivity contribution in [3.05, 3.63) is 30.2 Å². The van der Waals surface area contributed by atoms with E-state index in [1.54, 1.807) is 14.2 Å². The Morgan fingerprint density at radius 1 is 1.14 bits per heavy atom. The third kappa shape index (κ3) is 2.41. The number of anilines is 2. The standard InChI is InChI=1S/C15H16N4O3/c1-4-10-13-14(16-8-17-15(13)22-19-10)18-9-5-6-11(20-2)12(7-9)21-3/h5-8H,4H2,1-3H3,(H,16,17,18). The maximum atomic E-state index is 5.30. The second kappa shape index (κ2) is 5.88. The molecule has 0 aliphatic heterocycles. The molecule has 0 radical (unpaired) electrons. The lowest BCUT2D eigenvalue weighted by atomic mass is 10.2. The van der Waals surface area contributed by atoms with Gasteiger partial charge in [-0.1, -0.05) is 12.1 Å². The normalized spacial score (nSPS) is 10.7. The molecule has 0 spiro atoms. The summed E-state index contributed by atoms with van der Waals surface area (Å²) in [5.41, 5.74) is 2.11. The number of methoxy groups -OCH3 is 2. The van der Waals surface area contributed by atoms with Gasteiger partial charge in [-0.2, -0.15) is 4.98 Å². The molecule has 0 aliphatic rings. The molecule has 0 saturated heterocycles. The Morgan fingerprint density at radius 3 is 2.68 bits per heavy atom. The number of nitrogens with zero attached hydrogens (tertiary/aromatic N) is 3. The van der Waals surface area contributed by atoms with Crippen molar-refractivity contribution in [1.29, 1.82) is 0 Å². The second-order valence-corrected chi connectivity index (χ2v) is 4.58. The van der Waals surface area contributed by atoms with E-state index >= 15 is 0 Å². The Kier molecular flexibility index (Phi) is 3.78. The topological polar surface area (TPSA) is 82.3 Å². The quantitative estimate of drug-likeness (QED) is 0.775. The number of aryl methyl sites for hydroxylation is 1. The average molecular weight is 300 g/mol. The van der Waals surface area contributed by atoms with Crippen LogP contribution in [0.25, 0.3) is 11.1 Å². The van der Waals surface area contributed by atoms with Crippen LogP contribution in [0.3, 0.4) is 0 Å². The number of hydrogen-bond acceptors (Lipinski definition) is 7. The van der Waals surface area contributed by atoms with Crippen LogP contribution in [0.1, 0.15) is 12.6 Å². The van der Waals surface area contributed by atoms with Crippen molar-refractivity contribution in [3.63, 3.8) is 0 Å². The Bertz CT molecular complexity index is 801. The largest absolute Gasteiger partial charge is 0.493 e. The molecule has 2 aromatic heterocycles. The van der Waals surface area contributed by atoms with Crippen molar-refractivity contribution in [2.45, 2.75) is 13.3 Å². The van der Waals surface area contributed by atoms with Gasteiger partial charge in [0, 0.05) is 11.8 Å². The number of nitrogens with one attached hydrogen (secondary N) is 1. The van der Waals surface area contributed by atoms with E-state index in [0.29, 0.717) is 23.0 Å². The molecule has 0 atom stereocenters. The maximum Gasteiger partial charge on any atom is 0.263 e. The summed E-state index contributed by atoms with van der Waals surface area (Å²) >= 11 is 0. The van der Waals surface area contributed by atoms with Crippen LogP contribution in [0.2, 0.25) is 0 Å². The van der Waals surface area contributed by atoms with E-state index in [1.165, 1.54) is 6.33 Å². The van der Waals surface area contributed by atoms with Crippen molar-refractivity contribution < 1.29 is 14.0 Å². The molecule has 0 aliphatic carbocycles. The Morgan fingerprint density at radius 2 is 1.95 bits per heavy atom. The first-order valence-corrected chi connectivity index (χ1v) is 6.85. The van der Waals surface area contributed by atoms with Gasteiger partial charge in [0.05, 0.1) is 19.9 Å². The van der Waals surface area contributed by atoms with Crippen LogP contribution in [-0.4, -0.2) is 29.3 Å². The van der Waals surface area contributed by atoms with Gasteiger partial charge in [0.2, 0.25) is 0 Å². The maximum absolute atomic E-state index is 5.30. The molecule has 0 saturated carbocycles. The van der Waals surface area contributed by atoms with E-state index in [2.05, 4.69) is 20.4 Å². The van der Waals surface area contributed by atoms with E-state index in [-0.39, 0.29) is 0 Å². The molecule has 1 N–H and O–H groups in total. The van der Waals surface area contributed by atoms with Crippen molar-refractivity contribution >= 4 is 22.6 Å². The minimum atomic E-state index is 0.467. The van der Waals surface area contributed by atoms with Gasteiger partial charge in [-0.3, -0.25) is 0 Å². The number of ether oxygens (including phenoxy) is 2. The predicted molar refractivity (Wildman–Crippen MR) is 81.8 cm³/mol. The highest BCUT2D eigenvalue weighted by Gasteiger charge is 2.14. The van der Waals surface area contributed by atoms with Gasteiger partial charge in [-0.05, 0) is 18.6 Å². The first kappa shape index (κ1) is 14.1. The number of rotatable bonds is 5. The van der Waals surface area contributed by atoms with Crippen LogP contribution in [0.15, 0.2) is 29.0 Å². The van der Waals surface area contributed by atoms with Gasteiger partial charge < -0.3 is 19.3 Å². The van der Waals surface area contributed by atoms with Gasteiger partial charge in [0.25, 0.3) is 5.71 Å². The fourth-order valence-electron chi connectivity index (χ4n) is 2.23. The van der Waals surface area contributed by atoms with Gasteiger partial charge in [-0.15, -0.1) is 0 Å². The molecule has 7 nitrogen and oxygen atoms in total. The molecule has 2 heterocycles. The highest BCUT2D eigenvalue weighted by Crippen LogP contribution is 2.32. The zero-order chi connectivity index (χ0) is 15.5. The Balaban J connectivity index is 2.01. The fraction of sp³-hybridized carbons (Fsp3) is 0.267. The summed E-state index contributed by atoms with van der Waals surface area (Å²) in [5.74, 6) is 1.95. The summed E-state index contributed by atoms with van der Waals surface area (Å²) in [5, 5.41) is 8.05. The second-order valence-electron chi connectivity index (χ2n) is 4.58. The zero-order valence-electron chi connectivity index (χ0n) is 12.6. The van der Waals surface area contributed by atoms with Gasteiger partial charge in [0.15, 0.2) is 11.5 Å². The molecular formula is C15H16N4O3. The molecular weight excluding hydrogens is 284 g/mol. The van der Waals surface area contributed by atoms with E-state index in [4.69, 9.17) is 14.0 Å². The molecule has 0 bridgehead atoms. The van der Waals surface area contributed by atoms with Gasteiger partial charge in [0.1, 0.15) is 17.5 Å². The number of fused-ring (bicyclic) bond motifs is 1. The molecule has 0 unspecified atom stereocenters. The number of aromatic nitrogens is 3. The van der Waals surface area contributed by atoms with Crippen molar-refractivity contribution in [2.24, 2.45) is 0 Å². The minimum Gasteiger partial charge on any atom is -0.493 e. The van der Waals surface area contributed by atoms with Crippen LogP contribution in [-0.2, 0) is 6.42 Å². The molecule has 3 aromatic rings. The van der Waals surface area contributed by atoms with E-state index < -0.39 is 0 Å². The molecule has 0 fully saturated rings. The van der Waals surface area contributed by atoms with Crippen LogP contribution < -0.4 is 14.8 Å². The molecule has 0 amide bonds. The Hall–Kier alpha value is -2.83. The summed E-state index contributed by atoms with van der Waals surface area (Å²) in [6.07, 6.45) is 2.18. The minimum absolute atomic E-state index is 0.467. The monoisotopic (exact) mass is 300 g/mol. The summed E-state index contributed by atoms with van der Waals surface area (Å²) < 4.78 is 15.7. The first-order chi connectivity index (χ1) is 10.8. The highest BCUT2D eigenvalue weighted by molar-refractivity contribution is 5.89. The fourth-order valence-corrected chi connectivity index (χ4v) is 2.23. The van der Waals surface area contributed by atoms with Crippen molar-refractivity contribution in [3.8, 4) is 11.5 Å². The number of benzene rings is 1. The molecule has 7 heteroatoms. The van der Waals surface area contributed by atoms with Crippen molar-refractivity contribution in [1.82, 2.24) is 15.1 Å². The summed E-state index contributed by atoms with van der Waals surface area (Å²) in [6, 6.07) is 5.55. The lowest BCUT2D eigenvalue weighted by Crippen LogP contribution is -1.98. The lowest BCUT2D eigenvalue weighted by Gasteiger charge is -2.11. The Labute approximate surface area is 127 Å². The van der Waals surface area contributed by atoms with Crippen molar-refractivity contribution in [2.75, 3.05) is 19.5 Å². The zero-order valence-corrected chi connectivity index (χ0v) is 12.6. The van der Waals surface area contributed by atoms with Gasteiger partial charge in [-0.25, -0.2) is 4.98 Å². The van der Waals surface area contributed by atoms with Gasteiger partial charge >= 0.3 is 0 Å².